The van der Waals surface area contributed by atoms with Crippen molar-refractivity contribution in [1.29, 1.82) is 0 Å². The van der Waals surface area contributed by atoms with E-state index in [0.717, 1.165) is 55.6 Å². The van der Waals surface area contributed by atoms with Crippen molar-refractivity contribution in [3.05, 3.63) is 194 Å². The molecule has 0 radical (unpaired) electrons. The van der Waals surface area contributed by atoms with Crippen LogP contribution in [0.3, 0.4) is 0 Å². The minimum atomic E-state index is 0.872. The largest absolute Gasteiger partial charge is 0.453 e. The summed E-state index contributed by atoms with van der Waals surface area (Å²) in [6.45, 7) is 0. The Morgan fingerprint density at radius 1 is 0.340 bits per heavy atom. The van der Waals surface area contributed by atoms with Crippen LogP contribution in [0.5, 0.6) is 0 Å². The van der Waals surface area contributed by atoms with Gasteiger partial charge in [-0.15, -0.1) is 0 Å². The fraction of sp³-hybridized carbons (Fsp3) is 0. The first-order valence-electron chi connectivity index (χ1n) is 18.1. The summed E-state index contributed by atoms with van der Waals surface area (Å²) in [5.41, 5.74) is 10.9. The van der Waals surface area contributed by atoms with Crippen molar-refractivity contribution in [2.45, 2.75) is 0 Å². The van der Waals surface area contributed by atoms with Crippen LogP contribution in [0, 0.1) is 0 Å². The number of aromatic nitrogens is 1. The lowest BCUT2D eigenvalue weighted by Gasteiger charge is -2.27. The molecule has 11 aromatic rings. The van der Waals surface area contributed by atoms with Crippen molar-refractivity contribution in [2.24, 2.45) is 0 Å². The van der Waals surface area contributed by atoms with E-state index in [1.165, 1.54) is 43.5 Å². The fourth-order valence-electron chi connectivity index (χ4n) is 8.31. The van der Waals surface area contributed by atoms with E-state index in [-0.39, 0.29) is 0 Å². The molecule has 0 N–H and O–H groups in total. The zero-order valence-electron chi connectivity index (χ0n) is 28.8. The lowest BCUT2D eigenvalue weighted by atomic mass is 10.0. The Labute approximate surface area is 306 Å². The first-order valence-corrected chi connectivity index (χ1v) is 18.1. The molecule has 248 valence electrons. The molecule has 3 nitrogen and oxygen atoms in total. The Kier molecular flexibility index (Phi) is 6.55. The highest BCUT2D eigenvalue weighted by Crippen LogP contribution is 2.45. The first-order chi connectivity index (χ1) is 26.3. The molecule has 0 aliphatic rings. The number of para-hydroxylation sites is 3. The Bertz CT molecular complexity index is 3110. The normalized spacial score (nSPS) is 11.8. The van der Waals surface area contributed by atoms with Gasteiger partial charge >= 0.3 is 0 Å². The van der Waals surface area contributed by atoms with E-state index in [1.807, 2.05) is 0 Å². The fourth-order valence-corrected chi connectivity index (χ4v) is 8.31. The van der Waals surface area contributed by atoms with Crippen molar-refractivity contribution in [2.75, 3.05) is 4.90 Å². The zero-order chi connectivity index (χ0) is 34.9. The quantitative estimate of drug-likeness (QED) is 0.181. The van der Waals surface area contributed by atoms with E-state index in [1.54, 1.807) is 0 Å². The highest BCUT2D eigenvalue weighted by Gasteiger charge is 2.22. The van der Waals surface area contributed by atoms with E-state index in [2.05, 4.69) is 204 Å². The van der Waals surface area contributed by atoms with Gasteiger partial charge in [-0.3, -0.25) is 0 Å². The van der Waals surface area contributed by atoms with Gasteiger partial charge in [0.1, 0.15) is 5.58 Å². The molecule has 0 aliphatic carbocycles. The van der Waals surface area contributed by atoms with E-state index < -0.39 is 0 Å². The standard InChI is InChI=1S/C50H32N2O/c1-3-14-39-35(11-1)13-9-21-45(39)52(48-22-10-18-43-44-32-27-36-12-2-4-15-40(36)49(44)53-50(43)48)38-30-25-34(26-31-38)33-23-28-37(29-24-33)51-46-19-7-5-16-41(46)42-17-6-8-20-47(42)51/h1-32H. The van der Waals surface area contributed by atoms with Crippen LogP contribution in [-0.4, -0.2) is 4.57 Å². The minimum Gasteiger partial charge on any atom is -0.453 e. The Morgan fingerprint density at radius 2 is 0.849 bits per heavy atom. The maximum atomic E-state index is 6.88. The van der Waals surface area contributed by atoms with Crippen LogP contribution in [0.2, 0.25) is 0 Å². The summed E-state index contributed by atoms with van der Waals surface area (Å²) in [6.07, 6.45) is 0. The molecule has 3 heteroatoms. The van der Waals surface area contributed by atoms with Gasteiger partial charge in [-0.1, -0.05) is 140 Å². The average Bonchev–Trinajstić information content (AvgIpc) is 3.78. The zero-order valence-corrected chi connectivity index (χ0v) is 28.8. The summed E-state index contributed by atoms with van der Waals surface area (Å²) in [6, 6.07) is 69.6. The molecule has 0 aliphatic heterocycles. The monoisotopic (exact) mass is 676 g/mol. The smallest absolute Gasteiger partial charge is 0.159 e. The Balaban J connectivity index is 1.04. The lowest BCUT2D eigenvalue weighted by Crippen LogP contribution is -2.10. The third-order valence-electron chi connectivity index (χ3n) is 10.8. The number of furan rings is 1. The molecule has 11 rings (SSSR count). The molecule has 0 bridgehead atoms. The van der Waals surface area contributed by atoms with Gasteiger partial charge in [0, 0.05) is 43.7 Å². The van der Waals surface area contributed by atoms with Gasteiger partial charge < -0.3 is 13.9 Å². The van der Waals surface area contributed by atoms with E-state index in [0.29, 0.717) is 0 Å². The predicted octanol–water partition coefficient (Wildman–Crippen LogP) is 14.1. The summed E-state index contributed by atoms with van der Waals surface area (Å²) >= 11 is 0. The molecule has 0 amide bonds. The van der Waals surface area contributed by atoms with Crippen molar-refractivity contribution < 1.29 is 4.42 Å². The van der Waals surface area contributed by atoms with Crippen molar-refractivity contribution in [3.8, 4) is 16.8 Å². The molecular formula is C50H32N2O. The van der Waals surface area contributed by atoms with E-state index >= 15 is 0 Å². The van der Waals surface area contributed by atoms with Gasteiger partial charge in [-0.2, -0.15) is 0 Å². The number of hydrogen-bond donors (Lipinski definition) is 0. The highest BCUT2D eigenvalue weighted by atomic mass is 16.3. The Hall–Kier alpha value is -7.10. The number of fused-ring (bicyclic) bond motifs is 9. The summed E-state index contributed by atoms with van der Waals surface area (Å²) in [5, 5.41) is 9.43. The molecule has 0 unspecified atom stereocenters. The number of anilines is 3. The van der Waals surface area contributed by atoms with Crippen molar-refractivity contribution in [1.82, 2.24) is 4.57 Å². The van der Waals surface area contributed by atoms with Gasteiger partial charge in [-0.05, 0) is 76.5 Å². The molecule has 2 aromatic heterocycles. The van der Waals surface area contributed by atoms with Gasteiger partial charge in [0.15, 0.2) is 5.58 Å². The second-order valence-corrected chi connectivity index (χ2v) is 13.7. The number of benzene rings is 9. The number of rotatable bonds is 5. The van der Waals surface area contributed by atoms with Crippen LogP contribution in [0.15, 0.2) is 199 Å². The van der Waals surface area contributed by atoms with Crippen LogP contribution in [0.25, 0.3) is 82.1 Å². The SMILES string of the molecule is c1ccc2c(N(c3ccc(-c4ccc(-n5c6ccccc6c6ccccc65)cc4)cc3)c3cccc4c3oc3c5ccccc5ccc43)cccc2c1. The van der Waals surface area contributed by atoms with Crippen LogP contribution < -0.4 is 4.90 Å². The first kappa shape index (κ1) is 29.6. The maximum absolute atomic E-state index is 6.88. The highest BCUT2D eigenvalue weighted by molar-refractivity contribution is 6.18. The third kappa shape index (κ3) is 4.61. The summed E-state index contributed by atoms with van der Waals surface area (Å²) < 4.78 is 9.24. The van der Waals surface area contributed by atoms with Crippen molar-refractivity contribution >= 4 is 82.4 Å². The molecule has 0 atom stereocenters. The second kappa shape index (κ2) is 11.7. The lowest BCUT2D eigenvalue weighted by molar-refractivity contribution is 0.673. The summed E-state index contributed by atoms with van der Waals surface area (Å²) in [5.74, 6) is 0. The molecule has 0 fully saturated rings. The molecule has 2 heterocycles. The van der Waals surface area contributed by atoms with Gasteiger partial charge in [0.2, 0.25) is 0 Å². The van der Waals surface area contributed by atoms with E-state index in [9.17, 15) is 0 Å². The molecule has 0 saturated carbocycles. The van der Waals surface area contributed by atoms with Crippen molar-refractivity contribution in [3.63, 3.8) is 0 Å². The predicted molar refractivity (Wildman–Crippen MR) is 223 cm³/mol. The Morgan fingerprint density at radius 3 is 1.57 bits per heavy atom. The van der Waals surface area contributed by atoms with Crippen LogP contribution in [-0.2, 0) is 0 Å². The van der Waals surface area contributed by atoms with Crippen LogP contribution in [0.1, 0.15) is 0 Å². The number of hydrogen-bond acceptors (Lipinski definition) is 2. The molecular weight excluding hydrogens is 645 g/mol. The molecule has 0 saturated heterocycles. The minimum absolute atomic E-state index is 0.872. The second-order valence-electron chi connectivity index (χ2n) is 13.7. The average molecular weight is 677 g/mol. The summed E-state index contributed by atoms with van der Waals surface area (Å²) in [4.78, 5) is 2.35. The van der Waals surface area contributed by atoms with Crippen LogP contribution >= 0.6 is 0 Å². The molecule has 0 spiro atoms. The third-order valence-corrected chi connectivity index (χ3v) is 10.8. The van der Waals surface area contributed by atoms with Crippen LogP contribution in [0.4, 0.5) is 17.1 Å². The van der Waals surface area contributed by atoms with Gasteiger partial charge in [0.25, 0.3) is 0 Å². The van der Waals surface area contributed by atoms with Gasteiger partial charge in [-0.25, -0.2) is 0 Å². The number of nitrogens with zero attached hydrogens (tertiary/aromatic N) is 2. The van der Waals surface area contributed by atoms with Gasteiger partial charge in [0.05, 0.1) is 22.4 Å². The molecule has 9 aromatic carbocycles. The topological polar surface area (TPSA) is 21.3 Å². The molecule has 53 heavy (non-hydrogen) atoms. The van der Waals surface area contributed by atoms with E-state index in [4.69, 9.17) is 4.42 Å². The summed E-state index contributed by atoms with van der Waals surface area (Å²) in [7, 11) is 0. The maximum Gasteiger partial charge on any atom is 0.159 e.